The Balaban J connectivity index is 2.55. The number of hydrogen-bond donors (Lipinski definition) is 1. The fourth-order valence-electron chi connectivity index (χ4n) is 2.13. The number of hydrogen-bond acceptors (Lipinski definition) is 4. The molecule has 5 heteroatoms. The number of carboxylic acid groups (broad SMARTS) is 1. The number of rotatable bonds is 5. The van der Waals surface area contributed by atoms with E-state index in [-0.39, 0.29) is 28.4 Å². The summed E-state index contributed by atoms with van der Waals surface area (Å²) in [6, 6.07) is 9.83. The summed E-state index contributed by atoms with van der Waals surface area (Å²) in [5.74, 6) is -1.16. The van der Waals surface area contributed by atoms with E-state index >= 15 is 0 Å². The molecular formula is C17H16O5. The zero-order chi connectivity index (χ0) is 16.3. The van der Waals surface area contributed by atoms with Crippen molar-refractivity contribution in [2.24, 2.45) is 0 Å². The predicted octanol–water partition coefficient (Wildman–Crippen LogP) is 2.94. The Labute approximate surface area is 128 Å². The molecule has 1 N–H and O–H groups in total. The van der Waals surface area contributed by atoms with E-state index in [1.54, 1.807) is 12.1 Å². The van der Waals surface area contributed by atoms with Crippen LogP contribution in [0.3, 0.4) is 0 Å². The van der Waals surface area contributed by atoms with Crippen LogP contribution < -0.4 is 9.47 Å². The first-order chi connectivity index (χ1) is 10.5. The molecule has 0 saturated carbocycles. The predicted molar refractivity (Wildman–Crippen MR) is 81.1 cm³/mol. The summed E-state index contributed by atoms with van der Waals surface area (Å²) in [6.07, 6.45) is 0. The lowest BCUT2D eigenvalue weighted by Crippen LogP contribution is -2.08. The van der Waals surface area contributed by atoms with Gasteiger partial charge in [-0.1, -0.05) is 29.8 Å². The SMILES string of the molecule is COc1cc(C(=O)c2ccc(C)cc2)cc(C(=O)O)c1OC. The van der Waals surface area contributed by atoms with Gasteiger partial charge in [-0.05, 0) is 19.1 Å². The molecule has 0 spiro atoms. The lowest BCUT2D eigenvalue weighted by Gasteiger charge is -2.12. The van der Waals surface area contributed by atoms with Gasteiger partial charge in [-0.25, -0.2) is 4.79 Å². The molecule has 5 nitrogen and oxygen atoms in total. The third-order valence-corrected chi connectivity index (χ3v) is 3.29. The van der Waals surface area contributed by atoms with Crippen molar-refractivity contribution in [1.82, 2.24) is 0 Å². The number of aromatic carboxylic acids is 1. The van der Waals surface area contributed by atoms with Crippen molar-refractivity contribution in [3.63, 3.8) is 0 Å². The highest BCUT2D eigenvalue weighted by Crippen LogP contribution is 2.33. The zero-order valence-corrected chi connectivity index (χ0v) is 12.5. The smallest absolute Gasteiger partial charge is 0.339 e. The van der Waals surface area contributed by atoms with Gasteiger partial charge >= 0.3 is 5.97 Å². The first kappa shape index (κ1) is 15.6. The molecule has 0 radical (unpaired) electrons. The number of ketones is 1. The molecule has 114 valence electrons. The van der Waals surface area contributed by atoms with E-state index in [0.717, 1.165) is 5.56 Å². The van der Waals surface area contributed by atoms with Gasteiger partial charge in [0.25, 0.3) is 0 Å². The molecule has 0 atom stereocenters. The third kappa shape index (κ3) is 2.93. The highest BCUT2D eigenvalue weighted by atomic mass is 16.5. The van der Waals surface area contributed by atoms with Gasteiger partial charge in [0.1, 0.15) is 5.56 Å². The summed E-state index contributed by atoms with van der Waals surface area (Å²) in [6.45, 7) is 1.92. The average Bonchev–Trinajstić information content (AvgIpc) is 2.53. The summed E-state index contributed by atoms with van der Waals surface area (Å²) in [5.41, 5.74) is 1.64. The maximum absolute atomic E-state index is 12.5. The van der Waals surface area contributed by atoms with Crippen LogP contribution in [0.4, 0.5) is 0 Å². The Kier molecular flexibility index (Phi) is 4.46. The highest BCUT2D eigenvalue weighted by molar-refractivity contribution is 6.10. The number of aryl methyl sites for hydroxylation is 1. The van der Waals surface area contributed by atoms with Crippen LogP contribution in [-0.2, 0) is 0 Å². The molecule has 0 aliphatic heterocycles. The minimum Gasteiger partial charge on any atom is -0.493 e. The minimum absolute atomic E-state index is 0.0930. The van der Waals surface area contributed by atoms with E-state index in [1.807, 2.05) is 19.1 Å². The normalized spacial score (nSPS) is 10.1. The average molecular weight is 300 g/mol. The number of benzene rings is 2. The Morgan fingerprint density at radius 1 is 0.955 bits per heavy atom. The van der Waals surface area contributed by atoms with Crippen LogP contribution in [0.25, 0.3) is 0 Å². The largest absolute Gasteiger partial charge is 0.493 e. The van der Waals surface area contributed by atoms with Crippen molar-refractivity contribution in [1.29, 1.82) is 0 Å². The van der Waals surface area contributed by atoms with E-state index in [1.165, 1.54) is 26.4 Å². The molecule has 0 saturated heterocycles. The van der Waals surface area contributed by atoms with E-state index < -0.39 is 5.97 Å². The van der Waals surface area contributed by atoms with Crippen molar-refractivity contribution in [3.8, 4) is 11.5 Å². The van der Waals surface area contributed by atoms with Gasteiger partial charge in [-0.15, -0.1) is 0 Å². The van der Waals surface area contributed by atoms with Crippen LogP contribution in [0.1, 0.15) is 31.8 Å². The van der Waals surface area contributed by atoms with E-state index in [0.29, 0.717) is 5.56 Å². The van der Waals surface area contributed by atoms with Gasteiger partial charge < -0.3 is 14.6 Å². The van der Waals surface area contributed by atoms with Crippen molar-refractivity contribution >= 4 is 11.8 Å². The van der Waals surface area contributed by atoms with Crippen molar-refractivity contribution in [2.75, 3.05) is 14.2 Å². The summed E-state index contributed by atoms with van der Waals surface area (Å²) in [4.78, 5) is 23.9. The van der Waals surface area contributed by atoms with Crippen molar-refractivity contribution < 1.29 is 24.2 Å². The topological polar surface area (TPSA) is 72.8 Å². The number of carbonyl (C=O) groups is 2. The molecule has 22 heavy (non-hydrogen) atoms. The Hall–Kier alpha value is -2.82. The van der Waals surface area contributed by atoms with Gasteiger partial charge in [-0.3, -0.25) is 4.79 Å². The number of carbonyl (C=O) groups excluding carboxylic acids is 1. The zero-order valence-electron chi connectivity index (χ0n) is 12.5. The monoisotopic (exact) mass is 300 g/mol. The number of carboxylic acids is 1. The molecule has 0 amide bonds. The van der Waals surface area contributed by atoms with Gasteiger partial charge in [0.2, 0.25) is 0 Å². The third-order valence-electron chi connectivity index (χ3n) is 3.29. The second-order valence-corrected chi connectivity index (χ2v) is 4.76. The van der Waals surface area contributed by atoms with E-state index in [4.69, 9.17) is 9.47 Å². The van der Waals surface area contributed by atoms with Crippen LogP contribution in [0.2, 0.25) is 0 Å². The van der Waals surface area contributed by atoms with Gasteiger partial charge in [0.05, 0.1) is 14.2 Å². The van der Waals surface area contributed by atoms with Crippen molar-refractivity contribution in [2.45, 2.75) is 6.92 Å². The second kappa shape index (κ2) is 6.30. The molecule has 0 aliphatic carbocycles. The van der Waals surface area contributed by atoms with Gasteiger partial charge in [-0.2, -0.15) is 0 Å². The maximum atomic E-state index is 12.5. The molecule has 0 heterocycles. The van der Waals surface area contributed by atoms with Crippen LogP contribution in [0.5, 0.6) is 11.5 Å². The standard InChI is InChI=1S/C17H16O5/c1-10-4-6-11(7-5-10)15(18)12-8-13(17(19)20)16(22-3)14(9-12)21-2/h4-9H,1-3H3,(H,19,20). The van der Waals surface area contributed by atoms with Crippen LogP contribution in [0, 0.1) is 6.92 Å². The molecule has 0 aromatic heterocycles. The number of ether oxygens (including phenoxy) is 2. The van der Waals surface area contributed by atoms with Crippen LogP contribution in [-0.4, -0.2) is 31.1 Å². The molecule has 2 rings (SSSR count). The fraction of sp³-hybridized carbons (Fsp3) is 0.176. The quantitative estimate of drug-likeness (QED) is 0.859. The molecule has 2 aromatic carbocycles. The summed E-state index contributed by atoms with van der Waals surface area (Å²) in [5, 5.41) is 9.28. The molecule has 0 fully saturated rings. The van der Waals surface area contributed by atoms with Gasteiger partial charge in [0, 0.05) is 11.1 Å². The second-order valence-electron chi connectivity index (χ2n) is 4.76. The highest BCUT2D eigenvalue weighted by Gasteiger charge is 2.21. The Morgan fingerprint density at radius 2 is 1.59 bits per heavy atom. The minimum atomic E-state index is -1.19. The van der Waals surface area contributed by atoms with Crippen molar-refractivity contribution in [3.05, 3.63) is 58.7 Å². The molecule has 0 aliphatic rings. The van der Waals surface area contributed by atoms with Gasteiger partial charge in [0.15, 0.2) is 17.3 Å². The van der Waals surface area contributed by atoms with Crippen LogP contribution in [0.15, 0.2) is 36.4 Å². The Morgan fingerprint density at radius 3 is 2.09 bits per heavy atom. The molecular weight excluding hydrogens is 284 g/mol. The summed E-state index contributed by atoms with van der Waals surface area (Å²) >= 11 is 0. The van der Waals surface area contributed by atoms with Crippen LogP contribution >= 0.6 is 0 Å². The first-order valence-corrected chi connectivity index (χ1v) is 6.58. The van der Waals surface area contributed by atoms with E-state index in [2.05, 4.69) is 0 Å². The molecule has 0 unspecified atom stereocenters. The molecule has 0 bridgehead atoms. The van der Waals surface area contributed by atoms with E-state index in [9.17, 15) is 14.7 Å². The summed E-state index contributed by atoms with van der Waals surface area (Å²) in [7, 11) is 2.75. The summed E-state index contributed by atoms with van der Waals surface area (Å²) < 4.78 is 10.2. The fourth-order valence-corrected chi connectivity index (χ4v) is 2.13. The first-order valence-electron chi connectivity index (χ1n) is 6.58. The lowest BCUT2D eigenvalue weighted by molar-refractivity contribution is 0.0692. The maximum Gasteiger partial charge on any atom is 0.339 e. The lowest BCUT2D eigenvalue weighted by atomic mass is 9.99. The molecule has 2 aromatic rings. The number of methoxy groups -OCH3 is 2. The Bertz CT molecular complexity index is 717.